The Bertz CT molecular complexity index is 305. The molecule has 0 fully saturated rings. The number of pyridine rings is 1. The van der Waals surface area contributed by atoms with E-state index in [1.54, 1.807) is 22.6 Å². The first-order valence-corrected chi connectivity index (χ1v) is 4.27. The smallest absolute Gasteiger partial charge is 0.227 e. The average Bonchev–Trinajstić information content (AvgIpc) is 1.97. The van der Waals surface area contributed by atoms with E-state index >= 15 is 0 Å². The summed E-state index contributed by atoms with van der Waals surface area (Å²) >= 11 is 7.13. The summed E-state index contributed by atoms with van der Waals surface area (Å²) in [5, 5.41) is -0.266. The van der Waals surface area contributed by atoms with Crippen LogP contribution in [0.5, 0.6) is 0 Å². The van der Waals surface area contributed by atoms with Crippen molar-refractivity contribution in [2.24, 2.45) is 0 Å². The molecule has 0 radical (unpaired) electrons. The van der Waals surface area contributed by atoms with Crippen LogP contribution in [0.15, 0.2) is 6.20 Å². The summed E-state index contributed by atoms with van der Waals surface area (Å²) in [5.41, 5.74) is -0.830. The van der Waals surface area contributed by atoms with Crippen LogP contribution in [0.25, 0.3) is 0 Å². The number of aromatic nitrogens is 1. The Morgan fingerprint density at radius 1 is 1.50 bits per heavy atom. The number of halogens is 5. The van der Waals surface area contributed by atoms with Gasteiger partial charge in [0.25, 0.3) is 6.43 Å². The van der Waals surface area contributed by atoms with Crippen molar-refractivity contribution in [3.63, 3.8) is 0 Å². The lowest BCUT2D eigenvalue weighted by Gasteiger charge is -2.04. The Morgan fingerprint density at radius 2 is 2.08 bits per heavy atom. The van der Waals surface area contributed by atoms with Crippen molar-refractivity contribution in [1.29, 1.82) is 0 Å². The molecule has 0 spiro atoms. The first-order chi connectivity index (χ1) is 5.54. The summed E-state index contributed by atoms with van der Waals surface area (Å²) in [5.74, 6) is -1.21. The highest BCUT2D eigenvalue weighted by molar-refractivity contribution is 14.1. The molecule has 1 heterocycles. The van der Waals surface area contributed by atoms with Crippen molar-refractivity contribution in [3.8, 4) is 0 Å². The van der Waals surface area contributed by atoms with Crippen LogP contribution in [-0.2, 0) is 0 Å². The van der Waals surface area contributed by atoms with E-state index in [1.165, 1.54) is 0 Å². The van der Waals surface area contributed by atoms with Gasteiger partial charge in [-0.2, -0.15) is 4.39 Å². The normalized spacial score (nSPS) is 10.8. The van der Waals surface area contributed by atoms with Crippen molar-refractivity contribution in [3.05, 3.63) is 26.3 Å². The van der Waals surface area contributed by atoms with Gasteiger partial charge in [-0.25, -0.2) is 13.8 Å². The SMILES string of the molecule is Fc1ncc(I)c(Cl)c1C(F)F. The second kappa shape index (κ2) is 3.78. The summed E-state index contributed by atoms with van der Waals surface area (Å²) in [6, 6.07) is 0. The molecule has 1 nitrogen and oxygen atoms in total. The van der Waals surface area contributed by atoms with Crippen molar-refractivity contribution in [1.82, 2.24) is 4.98 Å². The van der Waals surface area contributed by atoms with Gasteiger partial charge in [0.1, 0.15) is 0 Å². The van der Waals surface area contributed by atoms with Crippen molar-refractivity contribution < 1.29 is 13.2 Å². The molecule has 0 saturated heterocycles. The molecule has 0 unspecified atom stereocenters. The fourth-order valence-corrected chi connectivity index (χ4v) is 1.28. The van der Waals surface area contributed by atoms with E-state index < -0.39 is 17.9 Å². The Hall–Kier alpha value is -0.0400. The van der Waals surface area contributed by atoms with Gasteiger partial charge in [0.05, 0.1) is 14.2 Å². The Balaban J connectivity index is 3.33. The van der Waals surface area contributed by atoms with Gasteiger partial charge in [0.15, 0.2) is 0 Å². The molecule has 1 rings (SSSR count). The van der Waals surface area contributed by atoms with Gasteiger partial charge in [0.2, 0.25) is 5.95 Å². The molecule has 0 aromatic carbocycles. The maximum atomic E-state index is 12.6. The zero-order chi connectivity index (χ0) is 9.30. The van der Waals surface area contributed by atoms with Crippen LogP contribution >= 0.6 is 34.2 Å². The average molecular weight is 307 g/mol. The molecule has 0 aliphatic heterocycles. The number of alkyl halides is 2. The predicted octanol–water partition coefficient (Wildman–Crippen LogP) is 3.42. The minimum absolute atomic E-state index is 0.266. The zero-order valence-corrected chi connectivity index (χ0v) is 8.41. The monoisotopic (exact) mass is 307 g/mol. The Labute approximate surface area is 85.1 Å². The molecule has 0 N–H and O–H groups in total. The number of nitrogens with zero attached hydrogens (tertiary/aromatic N) is 1. The van der Waals surface area contributed by atoms with E-state index in [0.717, 1.165) is 6.20 Å². The molecule has 0 aliphatic carbocycles. The maximum Gasteiger partial charge on any atom is 0.269 e. The third kappa shape index (κ3) is 1.82. The van der Waals surface area contributed by atoms with Crippen LogP contribution in [-0.4, -0.2) is 4.98 Å². The summed E-state index contributed by atoms with van der Waals surface area (Å²) in [7, 11) is 0. The highest BCUT2D eigenvalue weighted by Crippen LogP contribution is 2.31. The number of hydrogen-bond acceptors (Lipinski definition) is 1. The molecular weight excluding hydrogens is 305 g/mol. The van der Waals surface area contributed by atoms with E-state index in [-0.39, 0.29) is 5.02 Å². The van der Waals surface area contributed by atoms with Crippen LogP contribution in [0.4, 0.5) is 13.2 Å². The van der Waals surface area contributed by atoms with Gasteiger partial charge in [-0.3, -0.25) is 0 Å². The molecule has 6 heteroatoms. The van der Waals surface area contributed by atoms with Crippen molar-refractivity contribution in [2.75, 3.05) is 0 Å². The third-order valence-corrected chi connectivity index (χ3v) is 2.72. The summed E-state index contributed by atoms with van der Waals surface area (Å²) < 4.78 is 37.1. The summed E-state index contributed by atoms with van der Waals surface area (Å²) in [6.45, 7) is 0. The van der Waals surface area contributed by atoms with Gasteiger partial charge < -0.3 is 0 Å². The first-order valence-electron chi connectivity index (χ1n) is 2.81. The van der Waals surface area contributed by atoms with Crippen LogP contribution in [0, 0.1) is 9.52 Å². The lowest BCUT2D eigenvalue weighted by atomic mass is 10.3. The summed E-state index contributed by atoms with van der Waals surface area (Å²) in [6.07, 6.45) is -1.83. The van der Waals surface area contributed by atoms with Crippen LogP contribution in [0.3, 0.4) is 0 Å². The second-order valence-corrected chi connectivity index (χ2v) is 3.47. The van der Waals surface area contributed by atoms with Crippen LogP contribution in [0.1, 0.15) is 12.0 Å². The topological polar surface area (TPSA) is 12.9 Å². The highest BCUT2D eigenvalue weighted by Gasteiger charge is 2.20. The molecular formula is C6H2ClF3IN. The molecule has 66 valence electrons. The predicted molar refractivity (Wildman–Crippen MR) is 46.9 cm³/mol. The van der Waals surface area contributed by atoms with Crippen molar-refractivity contribution >= 4 is 34.2 Å². The minimum Gasteiger partial charge on any atom is -0.227 e. The first kappa shape index (κ1) is 10.0. The van der Waals surface area contributed by atoms with Crippen LogP contribution in [0.2, 0.25) is 5.02 Å². The van der Waals surface area contributed by atoms with Gasteiger partial charge in [-0.05, 0) is 22.6 Å². The molecule has 0 atom stereocenters. The summed E-state index contributed by atoms with van der Waals surface area (Å²) in [4.78, 5) is 3.12. The molecule has 0 amide bonds. The lowest BCUT2D eigenvalue weighted by molar-refractivity contribution is 0.145. The van der Waals surface area contributed by atoms with E-state index in [1.807, 2.05) is 0 Å². The molecule has 0 saturated carbocycles. The van der Waals surface area contributed by atoms with Gasteiger partial charge >= 0.3 is 0 Å². The van der Waals surface area contributed by atoms with E-state index in [2.05, 4.69) is 4.98 Å². The van der Waals surface area contributed by atoms with E-state index in [9.17, 15) is 13.2 Å². The van der Waals surface area contributed by atoms with Gasteiger partial charge in [0, 0.05) is 6.20 Å². The standard InChI is InChI=1S/C6H2ClF3IN/c7-4-2(11)1-12-6(10)3(4)5(8)9/h1,5H. The second-order valence-electron chi connectivity index (χ2n) is 1.93. The fourth-order valence-electron chi connectivity index (χ4n) is 0.645. The van der Waals surface area contributed by atoms with E-state index in [4.69, 9.17) is 11.6 Å². The zero-order valence-electron chi connectivity index (χ0n) is 5.49. The van der Waals surface area contributed by atoms with E-state index in [0.29, 0.717) is 3.57 Å². The molecule has 0 aliphatic rings. The quantitative estimate of drug-likeness (QED) is 0.572. The van der Waals surface area contributed by atoms with Crippen molar-refractivity contribution in [2.45, 2.75) is 6.43 Å². The highest BCUT2D eigenvalue weighted by atomic mass is 127. The molecule has 0 bridgehead atoms. The maximum absolute atomic E-state index is 12.6. The third-order valence-electron chi connectivity index (χ3n) is 1.18. The molecule has 12 heavy (non-hydrogen) atoms. The van der Waals surface area contributed by atoms with Gasteiger partial charge in [-0.15, -0.1) is 0 Å². The largest absolute Gasteiger partial charge is 0.269 e. The molecule has 1 aromatic heterocycles. The Kier molecular flexibility index (Phi) is 3.16. The fraction of sp³-hybridized carbons (Fsp3) is 0.167. The van der Waals surface area contributed by atoms with Crippen LogP contribution < -0.4 is 0 Å². The van der Waals surface area contributed by atoms with Gasteiger partial charge in [-0.1, -0.05) is 11.6 Å². The Morgan fingerprint density at radius 3 is 2.50 bits per heavy atom. The lowest BCUT2D eigenvalue weighted by Crippen LogP contribution is -1.97. The number of rotatable bonds is 1. The molecule has 1 aromatic rings. The number of hydrogen-bond donors (Lipinski definition) is 0. The minimum atomic E-state index is -2.93.